The van der Waals surface area contributed by atoms with Crippen LogP contribution in [0.3, 0.4) is 0 Å². The quantitative estimate of drug-likeness (QED) is 0.676. The van der Waals surface area contributed by atoms with Gasteiger partial charge in [0.15, 0.2) is 5.82 Å². The number of carbonyl (C=O) groups excluding carboxylic acids is 1. The molecular weight excluding hydrogens is 196 g/mol. The lowest BCUT2D eigenvalue weighted by Gasteiger charge is -1.95. The van der Waals surface area contributed by atoms with Crippen molar-refractivity contribution in [2.24, 2.45) is 12.8 Å². The van der Waals surface area contributed by atoms with Crippen LogP contribution in [-0.2, 0) is 7.05 Å². The van der Waals surface area contributed by atoms with Gasteiger partial charge in [-0.3, -0.25) is 9.48 Å². The van der Waals surface area contributed by atoms with E-state index in [1.807, 2.05) is 0 Å². The number of rotatable bonds is 2. The molecule has 15 heavy (non-hydrogen) atoms. The van der Waals surface area contributed by atoms with Gasteiger partial charge in [-0.25, -0.2) is 4.68 Å². The van der Waals surface area contributed by atoms with Gasteiger partial charge in [0, 0.05) is 19.4 Å². The summed E-state index contributed by atoms with van der Waals surface area (Å²) in [6, 6.07) is 0. The molecule has 78 valence electrons. The Bertz CT molecular complexity index is 511. The van der Waals surface area contributed by atoms with Gasteiger partial charge in [0.2, 0.25) is 0 Å². The first-order valence-corrected chi connectivity index (χ1v) is 4.22. The SMILES string of the molecule is Cn1cc(N)c(-n2cc(C(N)=O)cn2)n1. The van der Waals surface area contributed by atoms with E-state index in [1.165, 1.54) is 17.1 Å². The molecule has 2 heterocycles. The normalized spacial score (nSPS) is 10.5. The van der Waals surface area contributed by atoms with Crippen LogP contribution in [0.1, 0.15) is 10.4 Å². The van der Waals surface area contributed by atoms with Crippen molar-refractivity contribution in [3.8, 4) is 5.82 Å². The number of aryl methyl sites for hydroxylation is 1. The molecule has 0 saturated heterocycles. The number of anilines is 1. The van der Waals surface area contributed by atoms with Gasteiger partial charge in [-0.05, 0) is 0 Å². The second-order valence-electron chi connectivity index (χ2n) is 3.12. The fourth-order valence-electron chi connectivity index (χ4n) is 1.24. The fourth-order valence-corrected chi connectivity index (χ4v) is 1.24. The number of amides is 1. The van der Waals surface area contributed by atoms with Crippen LogP contribution in [0.5, 0.6) is 0 Å². The minimum absolute atomic E-state index is 0.319. The standard InChI is InChI=1S/C8H10N6O/c1-13-4-6(9)8(12-13)14-3-5(2-11-14)7(10)15/h2-4H,9H2,1H3,(H2,10,15). The largest absolute Gasteiger partial charge is 0.394 e. The molecule has 4 N–H and O–H groups in total. The number of nitrogens with two attached hydrogens (primary N) is 2. The molecule has 7 nitrogen and oxygen atoms in total. The molecule has 0 unspecified atom stereocenters. The van der Waals surface area contributed by atoms with Crippen LogP contribution >= 0.6 is 0 Å². The maximum absolute atomic E-state index is 10.8. The van der Waals surface area contributed by atoms with Gasteiger partial charge in [0.1, 0.15) is 0 Å². The number of nitrogen functional groups attached to an aromatic ring is 1. The average molecular weight is 206 g/mol. The number of hydrogen-bond acceptors (Lipinski definition) is 4. The van der Waals surface area contributed by atoms with Gasteiger partial charge >= 0.3 is 0 Å². The summed E-state index contributed by atoms with van der Waals surface area (Å²) in [6.07, 6.45) is 4.51. The van der Waals surface area contributed by atoms with Crippen LogP contribution in [0.15, 0.2) is 18.6 Å². The maximum Gasteiger partial charge on any atom is 0.251 e. The van der Waals surface area contributed by atoms with Crippen molar-refractivity contribution < 1.29 is 4.79 Å². The van der Waals surface area contributed by atoms with Gasteiger partial charge in [-0.15, -0.1) is 0 Å². The Balaban J connectivity index is 2.45. The lowest BCUT2D eigenvalue weighted by Crippen LogP contribution is -2.09. The summed E-state index contributed by atoms with van der Waals surface area (Å²) in [5.41, 5.74) is 11.6. The van der Waals surface area contributed by atoms with E-state index < -0.39 is 5.91 Å². The predicted molar refractivity (Wildman–Crippen MR) is 53.3 cm³/mol. The second kappa shape index (κ2) is 3.12. The van der Waals surface area contributed by atoms with E-state index in [2.05, 4.69) is 10.2 Å². The number of primary amides is 1. The molecule has 0 saturated carbocycles. The van der Waals surface area contributed by atoms with Crippen LogP contribution in [-0.4, -0.2) is 25.5 Å². The van der Waals surface area contributed by atoms with E-state index in [0.29, 0.717) is 17.1 Å². The molecule has 7 heteroatoms. The van der Waals surface area contributed by atoms with Crippen LogP contribution < -0.4 is 11.5 Å². The first-order valence-electron chi connectivity index (χ1n) is 4.22. The summed E-state index contributed by atoms with van der Waals surface area (Å²) in [5, 5.41) is 8.03. The molecule has 0 aliphatic heterocycles. The topological polar surface area (TPSA) is 105 Å². The van der Waals surface area contributed by atoms with Gasteiger partial charge in [0.05, 0.1) is 17.4 Å². The molecular formula is C8H10N6O. The summed E-state index contributed by atoms with van der Waals surface area (Å²) in [6.45, 7) is 0. The van der Waals surface area contributed by atoms with Crippen molar-refractivity contribution in [1.29, 1.82) is 0 Å². The Morgan fingerprint density at radius 1 is 1.47 bits per heavy atom. The Labute approximate surface area is 85.3 Å². The molecule has 0 aliphatic carbocycles. The molecule has 0 aromatic carbocycles. The highest BCUT2D eigenvalue weighted by atomic mass is 16.1. The third-order valence-electron chi connectivity index (χ3n) is 1.92. The van der Waals surface area contributed by atoms with Gasteiger partial charge in [-0.1, -0.05) is 0 Å². The molecule has 2 rings (SSSR count). The zero-order chi connectivity index (χ0) is 11.0. The predicted octanol–water partition coefficient (Wildman–Crippen LogP) is -0.713. The summed E-state index contributed by atoms with van der Waals surface area (Å²) in [5.74, 6) is -0.0549. The molecule has 1 amide bonds. The highest BCUT2D eigenvalue weighted by molar-refractivity contribution is 5.92. The van der Waals surface area contributed by atoms with E-state index in [0.717, 1.165) is 0 Å². The second-order valence-corrected chi connectivity index (χ2v) is 3.12. The Morgan fingerprint density at radius 2 is 2.20 bits per heavy atom. The lowest BCUT2D eigenvalue weighted by molar-refractivity contribution is 0.100. The number of aromatic nitrogens is 4. The number of hydrogen-bond donors (Lipinski definition) is 2. The van der Waals surface area contributed by atoms with Crippen molar-refractivity contribution in [3.05, 3.63) is 24.2 Å². The lowest BCUT2D eigenvalue weighted by atomic mass is 10.3. The van der Waals surface area contributed by atoms with E-state index in [-0.39, 0.29) is 0 Å². The van der Waals surface area contributed by atoms with Crippen molar-refractivity contribution in [3.63, 3.8) is 0 Å². The maximum atomic E-state index is 10.8. The highest BCUT2D eigenvalue weighted by Crippen LogP contribution is 2.13. The summed E-state index contributed by atoms with van der Waals surface area (Å²) >= 11 is 0. The summed E-state index contributed by atoms with van der Waals surface area (Å²) in [7, 11) is 1.75. The van der Waals surface area contributed by atoms with Crippen molar-refractivity contribution in [1.82, 2.24) is 19.6 Å². The Hall–Kier alpha value is -2.31. The molecule has 0 atom stereocenters. The average Bonchev–Trinajstić information content (AvgIpc) is 2.71. The van der Waals surface area contributed by atoms with Crippen molar-refractivity contribution in [2.75, 3.05) is 5.73 Å². The van der Waals surface area contributed by atoms with Crippen molar-refractivity contribution >= 4 is 11.6 Å². The molecule has 0 spiro atoms. The zero-order valence-electron chi connectivity index (χ0n) is 8.08. The van der Waals surface area contributed by atoms with Crippen LogP contribution in [0, 0.1) is 0 Å². The van der Waals surface area contributed by atoms with Gasteiger partial charge < -0.3 is 11.5 Å². The Kier molecular flexibility index (Phi) is 1.93. The first kappa shape index (κ1) is 9.25. The number of carbonyl (C=O) groups is 1. The van der Waals surface area contributed by atoms with Crippen LogP contribution in [0.4, 0.5) is 5.69 Å². The van der Waals surface area contributed by atoms with Gasteiger partial charge in [-0.2, -0.15) is 10.2 Å². The molecule has 0 radical (unpaired) electrons. The van der Waals surface area contributed by atoms with E-state index in [4.69, 9.17) is 11.5 Å². The van der Waals surface area contributed by atoms with E-state index >= 15 is 0 Å². The Morgan fingerprint density at radius 3 is 2.67 bits per heavy atom. The summed E-state index contributed by atoms with van der Waals surface area (Å²) in [4.78, 5) is 10.8. The van der Waals surface area contributed by atoms with E-state index in [1.54, 1.807) is 17.9 Å². The molecule has 0 fully saturated rings. The third-order valence-corrected chi connectivity index (χ3v) is 1.92. The minimum atomic E-state index is -0.532. The number of nitrogens with zero attached hydrogens (tertiary/aromatic N) is 4. The zero-order valence-corrected chi connectivity index (χ0v) is 8.08. The first-order chi connectivity index (χ1) is 7.08. The van der Waals surface area contributed by atoms with Crippen LogP contribution in [0.2, 0.25) is 0 Å². The fraction of sp³-hybridized carbons (Fsp3) is 0.125. The highest BCUT2D eigenvalue weighted by Gasteiger charge is 2.10. The minimum Gasteiger partial charge on any atom is -0.394 e. The van der Waals surface area contributed by atoms with E-state index in [9.17, 15) is 4.79 Å². The molecule has 0 bridgehead atoms. The van der Waals surface area contributed by atoms with Crippen LogP contribution in [0.25, 0.3) is 5.82 Å². The van der Waals surface area contributed by atoms with Gasteiger partial charge in [0.25, 0.3) is 5.91 Å². The molecule has 0 aliphatic rings. The summed E-state index contributed by atoms with van der Waals surface area (Å²) < 4.78 is 2.98. The van der Waals surface area contributed by atoms with Crippen molar-refractivity contribution in [2.45, 2.75) is 0 Å². The molecule has 2 aromatic rings. The smallest absolute Gasteiger partial charge is 0.251 e. The molecule has 2 aromatic heterocycles. The third kappa shape index (κ3) is 1.54. The monoisotopic (exact) mass is 206 g/mol.